The molecule has 1 aromatic carbocycles. The van der Waals surface area contributed by atoms with Gasteiger partial charge in [-0.25, -0.2) is 4.98 Å². The molecule has 12 nitrogen and oxygen atoms in total. The second kappa shape index (κ2) is 11.4. The number of rotatable bonds is 7. The molecule has 2 saturated heterocycles. The number of para-hydroxylation sites is 1. The van der Waals surface area contributed by atoms with Gasteiger partial charge in [0, 0.05) is 25.3 Å². The molecule has 16 heteroatoms. The molecule has 8 rings (SSSR count). The number of aromatic nitrogens is 7. The van der Waals surface area contributed by atoms with Crippen molar-refractivity contribution in [1.29, 1.82) is 0 Å². The third-order valence-corrected chi connectivity index (χ3v) is 9.07. The van der Waals surface area contributed by atoms with E-state index in [2.05, 4.69) is 40.8 Å². The van der Waals surface area contributed by atoms with E-state index in [-0.39, 0.29) is 23.5 Å². The molecule has 0 amide bonds. The van der Waals surface area contributed by atoms with Crippen molar-refractivity contribution >= 4 is 22.8 Å². The third-order valence-electron chi connectivity index (χ3n) is 8.84. The van der Waals surface area contributed by atoms with Gasteiger partial charge < -0.3 is 23.3 Å². The van der Waals surface area contributed by atoms with Gasteiger partial charge in [-0.2, -0.15) is 18.2 Å². The molecule has 0 bridgehead atoms. The topological polar surface area (TPSA) is 126 Å². The van der Waals surface area contributed by atoms with Gasteiger partial charge in [0.1, 0.15) is 22.7 Å². The molecule has 244 valence electrons. The van der Waals surface area contributed by atoms with E-state index < -0.39 is 17.9 Å². The summed E-state index contributed by atoms with van der Waals surface area (Å²) in [6.45, 7) is 5.28. The highest BCUT2D eigenvalue weighted by Gasteiger charge is 2.42. The molecule has 47 heavy (non-hydrogen) atoms. The second-order valence-electron chi connectivity index (χ2n) is 12.0. The van der Waals surface area contributed by atoms with Gasteiger partial charge in [-0.05, 0) is 62.5 Å². The number of fused-ring (bicyclic) bond motifs is 2. The number of ether oxygens (including phenoxy) is 3. The van der Waals surface area contributed by atoms with Gasteiger partial charge in [-0.15, -0.1) is 10.2 Å². The number of benzene rings is 1. The van der Waals surface area contributed by atoms with Crippen molar-refractivity contribution in [1.82, 2.24) is 39.8 Å². The number of hydrogen-bond donors (Lipinski definition) is 0. The SMILES string of the molecule is C[C@]1(c2ccc(Cl)cn2)Oc2cccc(C3CCN(Cc4nc5cc(-c6noc(C(F)(F)F)n6)nnc5n4C[C@@H]4CCO4)CC3)c2O1. The number of alkyl halides is 3. The van der Waals surface area contributed by atoms with Crippen LogP contribution in [0.3, 0.4) is 0 Å². The highest BCUT2D eigenvalue weighted by Crippen LogP contribution is 2.49. The molecule has 2 atom stereocenters. The molecule has 4 aromatic heterocycles. The first-order valence-corrected chi connectivity index (χ1v) is 15.6. The van der Waals surface area contributed by atoms with E-state index in [4.69, 9.17) is 30.8 Å². The number of imidazole rings is 1. The normalized spacial score (nSPS) is 21.8. The van der Waals surface area contributed by atoms with Crippen molar-refractivity contribution in [2.75, 3.05) is 19.7 Å². The van der Waals surface area contributed by atoms with Crippen LogP contribution in [-0.4, -0.2) is 65.6 Å². The molecular formula is C31H28ClF3N8O4. The summed E-state index contributed by atoms with van der Waals surface area (Å²) in [7, 11) is 0. The average Bonchev–Trinajstić information content (AvgIpc) is 3.75. The molecule has 3 aliphatic rings. The van der Waals surface area contributed by atoms with Crippen molar-refractivity contribution < 1.29 is 31.9 Å². The van der Waals surface area contributed by atoms with Gasteiger partial charge in [0.25, 0.3) is 5.79 Å². The van der Waals surface area contributed by atoms with E-state index in [1.807, 2.05) is 23.6 Å². The van der Waals surface area contributed by atoms with Gasteiger partial charge in [0.2, 0.25) is 5.82 Å². The Morgan fingerprint density at radius 1 is 1.04 bits per heavy atom. The Hall–Kier alpha value is -4.34. The fraction of sp³-hybridized carbons (Fsp3) is 0.419. The Morgan fingerprint density at radius 3 is 2.57 bits per heavy atom. The van der Waals surface area contributed by atoms with Gasteiger partial charge in [0.15, 0.2) is 17.1 Å². The van der Waals surface area contributed by atoms with Gasteiger partial charge in [0.05, 0.1) is 24.2 Å². The van der Waals surface area contributed by atoms with E-state index in [1.165, 1.54) is 6.07 Å². The minimum absolute atomic E-state index is 0.0288. The molecule has 2 fully saturated rings. The van der Waals surface area contributed by atoms with Gasteiger partial charge >= 0.3 is 12.1 Å². The minimum atomic E-state index is -4.76. The Bertz CT molecular complexity index is 1940. The Morgan fingerprint density at radius 2 is 1.87 bits per heavy atom. The predicted molar refractivity (Wildman–Crippen MR) is 160 cm³/mol. The lowest BCUT2D eigenvalue weighted by Crippen LogP contribution is -2.35. The molecule has 0 saturated carbocycles. The average molecular weight is 669 g/mol. The van der Waals surface area contributed by atoms with Crippen molar-refractivity contribution in [3.63, 3.8) is 0 Å². The highest BCUT2D eigenvalue weighted by atomic mass is 35.5. The van der Waals surface area contributed by atoms with Crippen LogP contribution < -0.4 is 9.47 Å². The molecule has 3 aliphatic heterocycles. The van der Waals surface area contributed by atoms with Crippen LogP contribution in [-0.2, 0) is 29.8 Å². The van der Waals surface area contributed by atoms with Crippen molar-refractivity contribution in [3.05, 3.63) is 70.6 Å². The zero-order valence-electron chi connectivity index (χ0n) is 25.1. The van der Waals surface area contributed by atoms with E-state index in [0.29, 0.717) is 47.3 Å². The van der Waals surface area contributed by atoms with Crippen LogP contribution in [0.25, 0.3) is 22.7 Å². The molecule has 0 radical (unpaired) electrons. The Kier molecular flexibility index (Phi) is 7.29. The van der Waals surface area contributed by atoms with Crippen LogP contribution >= 0.6 is 11.6 Å². The number of pyridine rings is 1. The zero-order chi connectivity index (χ0) is 32.3. The lowest BCUT2D eigenvalue weighted by atomic mass is 9.88. The lowest BCUT2D eigenvalue weighted by Gasteiger charge is -2.33. The Labute approximate surface area is 270 Å². The van der Waals surface area contributed by atoms with Crippen LogP contribution in [0.15, 0.2) is 47.1 Å². The monoisotopic (exact) mass is 668 g/mol. The summed E-state index contributed by atoms with van der Waals surface area (Å²) < 4.78 is 63.8. The highest BCUT2D eigenvalue weighted by molar-refractivity contribution is 6.30. The number of halogens is 4. The summed E-state index contributed by atoms with van der Waals surface area (Å²) in [5.41, 5.74) is 2.77. The van der Waals surface area contributed by atoms with E-state index in [0.717, 1.165) is 49.5 Å². The van der Waals surface area contributed by atoms with Crippen LogP contribution in [0.4, 0.5) is 13.2 Å². The Balaban J connectivity index is 0.996. The molecule has 0 N–H and O–H groups in total. The maximum atomic E-state index is 13.0. The summed E-state index contributed by atoms with van der Waals surface area (Å²) in [5, 5.41) is 12.4. The predicted octanol–water partition coefficient (Wildman–Crippen LogP) is 5.76. The van der Waals surface area contributed by atoms with Crippen LogP contribution in [0, 0.1) is 0 Å². The fourth-order valence-corrected chi connectivity index (χ4v) is 6.40. The summed E-state index contributed by atoms with van der Waals surface area (Å²) in [5.74, 6) is -0.347. The van der Waals surface area contributed by atoms with Crippen molar-refractivity contribution in [2.45, 2.75) is 63.3 Å². The second-order valence-corrected chi connectivity index (χ2v) is 12.5. The first-order valence-electron chi connectivity index (χ1n) is 15.2. The fourth-order valence-electron chi connectivity index (χ4n) is 6.29. The smallest absolute Gasteiger partial charge is 0.443 e. The van der Waals surface area contributed by atoms with Gasteiger partial charge in [-0.1, -0.05) is 28.9 Å². The summed E-state index contributed by atoms with van der Waals surface area (Å²) >= 11 is 6.04. The number of hydrogen-bond acceptors (Lipinski definition) is 11. The number of piperidine rings is 1. The van der Waals surface area contributed by atoms with Crippen LogP contribution in [0.2, 0.25) is 5.02 Å². The first-order chi connectivity index (χ1) is 22.6. The quantitative estimate of drug-likeness (QED) is 0.210. The molecule has 0 aliphatic carbocycles. The van der Waals surface area contributed by atoms with Crippen LogP contribution in [0.5, 0.6) is 11.5 Å². The number of nitrogens with zero attached hydrogens (tertiary/aromatic N) is 8. The summed E-state index contributed by atoms with van der Waals surface area (Å²) in [6.07, 6.45) is -0.449. The van der Waals surface area contributed by atoms with E-state index in [9.17, 15) is 13.2 Å². The molecule has 5 aromatic rings. The molecular weight excluding hydrogens is 641 g/mol. The van der Waals surface area contributed by atoms with Crippen LogP contribution in [0.1, 0.15) is 55.1 Å². The lowest BCUT2D eigenvalue weighted by molar-refractivity contribution is -0.159. The molecule has 0 spiro atoms. The largest absolute Gasteiger partial charge is 0.471 e. The van der Waals surface area contributed by atoms with Crippen molar-refractivity contribution in [2.24, 2.45) is 0 Å². The minimum Gasteiger partial charge on any atom is -0.443 e. The maximum Gasteiger partial charge on any atom is 0.471 e. The van der Waals surface area contributed by atoms with Crippen molar-refractivity contribution in [3.8, 4) is 23.0 Å². The summed E-state index contributed by atoms with van der Waals surface area (Å²) in [4.78, 5) is 15.0. The molecule has 0 unspecified atom stereocenters. The van der Waals surface area contributed by atoms with E-state index in [1.54, 1.807) is 18.3 Å². The summed E-state index contributed by atoms with van der Waals surface area (Å²) in [6, 6.07) is 11.1. The number of likely N-dealkylation sites (tertiary alicyclic amines) is 1. The van der Waals surface area contributed by atoms with E-state index >= 15 is 0 Å². The standard InChI is InChI=1S/C31H28ClF3N8O4/c1-30(24-6-5-18(32)14-36-24)45-23-4-2-3-20(26(23)46-30)17-7-10-42(11-8-17)16-25-37-22-13-21(27-38-29(47-41-27)31(33,34)35)39-40-28(22)43(25)15-19-9-12-44-19/h2-6,13-14,17,19H,7-12,15-16H2,1H3/t19-,30-/m0/s1. The third kappa shape index (κ3) is 5.65. The maximum absolute atomic E-state index is 13.0. The first kappa shape index (κ1) is 30.0. The molecule has 7 heterocycles. The van der Waals surface area contributed by atoms with Gasteiger partial charge in [-0.3, -0.25) is 9.88 Å². The zero-order valence-corrected chi connectivity index (χ0v) is 25.8.